The predicted octanol–water partition coefficient (Wildman–Crippen LogP) is 0.156. The third-order valence-electron chi connectivity index (χ3n) is 1.81. The molecule has 4 nitrogen and oxygen atoms in total. The van der Waals surface area contributed by atoms with E-state index in [-0.39, 0.29) is 6.04 Å². The lowest BCUT2D eigenvalue weighted by Crippen LogP contribution is -2.46. The predicted molar refractivity (Wildman–Crippen MR) is 43.1 cm³/mol. The molecule has 0 fully saturated rings. The Morgan fingerprint density at radius 2 is 2.09 bits per heavy atom. The lowest BCUT2D eigenvalue weighted by Gasteiger charge is -2.27. The Balaban J connectivity index is 4.14. The van der Waals surface area contributed by atoms with Gasteiger partial charge in [-0.3, -0.25) is 0 Å². The highest BCUT2D eigenvalue weighted by molar-refractivity contribution is 5.72. The lowest BCUT2D eigenvalue weighted by molar-refractivity contribution is 0.0921. The first-order valence-corrected chi connectivity index (χ1v) is 3.74. The third kappa shape index (κ3) is 2.76. The topological polar surface area (TPSA) is 66.6 Å². The molecule has 0 saturated carbocycles. The molecule has 0 saturated heterocycles. The Kier molecular flexibility index (Phi) is 3.89. The number of aliphatic hydroxyl groups is 1. The van der Waals surface area contributed by atoms with E-state index in [0.29, 0.717) is 6.54 Å². The number of amides is 2. The van der Waals surface area contributed by atoms with Gasteiger partial charge in [0.1, 0.15) is 0 Å². The highest BCUT2D eigenvalue weighted by Gasteiger charge is 2.19. The molecule has 3 N–H and O–H groups in total. The van der Waals surface area contributed by atoms with Gasteiger partial charge < -0.3 is 15.7 Å². The number of hydrogen-bond donors (Lipinski definition) is 2. The number of likely N-dealkylation sites (N-methyl/N-ethyl adjacent to an activating group) is 1. The van der Waals surface area contributed by atoms with Gasteiger partial charge in [-0.25, -0.2) is 4.79 Å². The Morgan fingerprint density at radius 3 is 2.18 bits per heavy atom. The maximum atomic E-state index is 10.7. The van der Waals surface area contributed by atoms with Crippen LogP contribution in [-0.4, -0.2) is 34.7 Å². The summed E-state index contributed by atoms with van der Waals surface area (Å²) in [5.41, 5.74) is 5.06. The van der Waals surface area contributed by atoms with Crippen LogP contribution >= 0.6 is 0 Å². The number of urea groups is 1. The molecule has 0 aromatic heterocycles. The molecular weight excluding hydrogens is 144 g/mol. The molecule has 0 heterocycles. The molecule has 66 valence electrons. The Bertz CT molecular complexity index is 136. The van der Waals surface area contributed by atoms with E-state index in [9.17, 15) is 4.79 Å². The maximum Gasteiger partial charge on any atom is 0.315 e. The van der Waals surface area contributed by atoms with Crippen molar-refractivity contribution in [2.24, 2.45) is 5.73 Å². The Hall–Kier alpha value is -0.770. The summed E-state index contributed by atoms with van der Waals surface area (Å²) >= 11 is 0. The van der Waals surface area contributed by atoms with Crippen molar-refractivity contribution in [3.63, 3.8) is 0 Å². The van der Waals surface area contributed by atoms with Gasteiger partial charge >= 0.3 is 6.03 Å². The average Bonchev–Trinajstić information content (AvgIpc) is 1.88. The van der Waals surface area contributed by atoms with Crippen LogP contribution in [0.5, 0.6) is 0 Å². The quantitative estimate of drug-likeness (QED) is 0.617. The van der Waals surface area contributed by atoms with Crippen molar-refractivity contribution in [1.29, 1.82) is 0 Å². The highest BCUT2D eigenvalue weighted by Crippen LogP contribution is 2.02. The number of carbonyl (C=O) groups excluding carboxylic acids is 1. The molecule has 11 heavy (non-hydrogen) atoms. The number of rotatable bonds is 3. The molecule has 2 unspecified atom stereocenters. The smallest absolute Gasteiger partial charge is 0.315 e. The van der Waals surface area contributed by atoms with Crippen molar-refractivity contribution in [2.75, 3.05) is 6.54 Å². The second-order valence-electron chi connectivity index (χ2n) is 2.61. The van der Waals surface area contributed by atoms with Gasteiger partial charge in [0.15, 0.2) is 0 Å². The first kappa shape index (κ1) is 10.2. The van der Waals surface area contributed by atoms with Crippen LogP contribution in [-0.2, 0) is 0 Å². The van der Waals surface area contributed by atoms with E-state index in [1.54, 1.807) is 13.8 Å². The summed E-state index contributed by atoms with van der Waals surface area (Å²) in [5, 5.41) is 9.12. The maximum absolute atomic E-state index is 10.7. The summed E-state index contributed by atoms with van der Waals surface area (Å²) in [5.74, 6) is 0. The summed E-state index contributed by atoms with van der Waals surface area (Å²) in [6, 6.07) is -0.696. The Labute approximate surface area is 67.0 Å². The van der Waals surface area contributed by atoms with Crippen LogP contribution in [0.3, 0.4) is 0 Å². The van der Waals surface area contributed by atoms with Gasteiger partial charge in [0.05, 0.1) is 12.1 Å². The van der Waals surface area contributed by atoms with Gasteiger partial charge in [0, 0.05) is 6.54 Å². The molecule has 0 radical (unpaired) electrons. The zero-order valence-electron chi connectivity index (χ0n) is 7.24. The van der Waals surface area contributed by atoms with Crippen LogP contribution < -0.4 is 5.73 Å². The van der Waals surface area contributed by atoms with Crippen LogP contribution in [0.2, 0.25) is 0 Å². The van der Waals surface area contributed by atoms with E-state index in [1.165, 1.54) is 4.90 Å². The highest BCUT2D eigenvalue weighted by atomic mass is 16.3. The Morgan fingerprint density at radius 1 is 1.64 bits per heavy atom. The summed E-state index contributed by atoms with van der Waals surface area (Å²) < 4.78 is 0. The molecule has 0 rings (SSSR count). The van der Waals surface area contributed by atoms with E-state index >= 15 is 0 Å². The molecule has 0 aromatic carbocycles. The van der Waals surface area contributed by atoms with E-state index in [4.69, 9.17) is 10.8 Å². The van der Waals surface area contributed by atoms with Crippen molar-refractivity contribution >= 4 is 6.03 Å². The minimum Gasteiger partial charge on any atom is -0.391 e. The molecule has 0 aromatic rings. The fourth-order valence-electron chi connectivity index (χ4n) is 0.905. The molecule has 0 aliphatic rings. The van der Waals surface area contributed by atoms with Crippen LogP contribution in [0.25, 0.3) is 0 Å². The number of nitrogens with zero attached hydrogens (tertiary/aromatic N) is 1. The average molecular weight is 160 g/mol. The van der Waals surface area contributed by atoms with Crippen molar-refractivity contribution in [3.8, 4) is 0 Å². The largest absolute Gasteiger partial charge is 0.391 e. The van der Waals surface area contributed by atoms with E-state index in [1.807, 2.05) is 6.92 Å². The van der Waals surface area contributed by atoms with Gasteiger partial charge in [-0.15, -0.1) is 0 Å². The normalized spacial score (nSPS) is 15.6. The second kappa shape index (κ2) is 4.18. The fourth-order valence-corrected chi connectivity index (χ4v) is 0.905. The molecule has 0 bridgehead atoms. The number of nitrogens with two attached hydrogens (primary N) is 1. The van der Waals surface area contributed by atoms with E-state index < -0.39 is 12.1 Å². The van der Waals surface area contributed by atoms with E-state index in [0.717, 1.165) is 0 Å². The molecule has 2 atom stereocenters. The minimum absolute atomic E-state index is 0.211. The second-order valence-corrected chi connectivity index (χ2v) is 2.61. The molecule has 0 aliphatic carbocycles. The summed E-state index contributed by atoms with van der Waals surface area (Å²) in [6.45, 7) is 5.75. The van der Waals surface area contributed by atoms with Gasteiger partial charge in [-0.05, 0) is 20.8 Å². The standard InChI is InChI=1S/C7H16N2O2/c1-4-9(7(8)11)5(2)6(3)10/h5-6,10H,4H2,1-3H3,(H2,8,11). The van der Waals surface area contributed by atoms with Crippen LogP contribution in [0.4, 0.5) is 4.79 Å². The molecule has 0 spiro atoms. The monoisotopic (exact) mass is 160 g/mol. The number of primary amides is 1. The van der Waals surface area contributed by atoms with Crippen molar-refractivity contribution in [3.05, 3.63) is 0 Å². The van der Waals surface area contributed by atoms with Crippen molar-refractivity contribution < 1.29 is 9.90 Å². The van der Waals surface area contributed by atoms with Crippen LogP contribution in [0.15, 0.2) is 0 Å². The zero-order valence-corrected chi connectivity index (χ0v) is 7.24. The molecule has 2 amide bonds. The molecular formula is C7H16N2O2. The number of aliphatic hydroxyl groups excluding tert-OH is 1. The number of hydrogen-bond acceptors (Lipinski definition) is 2. The third-order valence-corrected chi connectivity index (χ3v) is 1.81. The summed E-state index contributed by atoms with van der Waals surface area (Å²) in [6.07, 6.45) is -0.539. The fraction of sp³-hybridized carbons (Fsp3) is 0.857. The van der Waals surface area contributed by atoms with Gasteiger partial charge in [-0.1, -0.05) is 0 Å². The minimum atomic E-state index is -0.539. The van der Waals surface area contributed by atoms with E-state index in [2.05, 4.69) is 0 Å². The lowest BCUT2D eigenvalue weighted by atomic mass is 10.2. The van der Waals surface area contributed by atoms with Crippen molar-refractivity contribution in [2.45, 2.75) is 32.9 Å². The summed E-state index contributed by atoms with van der Waals surface area (Å²) in [4.78, 5) is 12.1. The van der Waals surface area contributed by atoms with Crippen LogP contribution in [0, 0.1) is 0 Å². The van der Waals surface area contributed by atoms with Gasteiger partial charge in [-0.2, -0.15) is 0 Å². The first-order valence-electron chi connectivity index (χ1n) is 3.74. The molecule has 0 aliphatic heterocycles. The van der Waals surface area contributed by atoms with Crippen molar-refractivity contribution in [1.82, 2.24) is 4.90 Å². The SMILES string of the molecule is CCN(C(N)=O)C(C)C(C)O. The van der Waals surface area contributed by atoms with Gasteiger partial charge in [0.25, 0.3) is 0 Å². The zero-order chi connectivity index (χ0) is 9.02. The van der Waals surface area contributed by atoms with Gasteiger partial charge in [0.2, 0.25) is 0 Å². The van der Waals surface area contributed by atoms with Crippen LogP contribution in [0.1, 0.15) is 20.8 Å². The molecule has 4 heteroatoms. The number of carbonyl (C=O) groups is 1. The summed E-state index contributed by atoms with van der Waals surface area (Å²) in [7, 11) is 0. The first-order chi connectivity index (χ1) is 5.00.